The molecule has 0 spiro atoms. The Kier molecular flexibility index (Phi) is 4.46. The van der Waals surface area contributed by atoms with Crippen LogP contribution in [0.5, 0.6) is 11.5 Å². The van der Waals surface area contributed by atoms with E-state index in [0.717, 1.165) is 47.8 Å². The van der Waals surface area contributed by atoms with Crippen molar-refractivity contribution in [2.45, 2.75) is 25.8 Å². The number of amides is 1. The number of hydrogen-bond acceptors (Lipinski definition) is 4. The molecule has 0 N–H and O–H groups in total. The lowest BCUT2D eigenvalue weighted by Crippen LogP contribution is -2.30. The van der Waals surface area contributed by atoms with E-state index in [1.807, 2.05) is 65.0 Å². The van der Waals surface area contributed by atoms with Crippen LogP contribution in [0.4, 0.5) is 0 Å². The summed E-state index contributed by atoms with van der Waals surface area (Å²) in [7, 11) is 0. The maximum atomic E-state index is 13.2. The molecule has 148 valence electrons. The number of ether oxygens (including phenoxy) is 2. The van der Waals surface area contributed by atoms with Gasteiger partial charge in [0, 0.05) is 24.0 Å². The SMILES string of the molecule is Cc1ccnn1-c1ccc(C(=O)N2CCCC2c2ccc3c(c2)OCCO3)cc1. The van der Waals surface area contributed by atoms with E-state index in [9.17, 15) is 4.79 Å². The molecule has 3 aromatic rings. The molecule has 6 heteroatoms. The maximum Gasteiger partial charge on any atom is 0.254 e. The van der Waals surface area contributed by atoms with Crippen molar-refractivity contribution in [3.63, 3.8) is 0 Å². The molecule has 1 unspecified atom stereocenters. The number of rotatable bonds is 3. The minimum atomic E-state index is 0.0612. The summed E-state index contributed by atoms with van der Waals surface area (Å²) in [5.41, 5.74) is 3.81. The minimum Gasteiger partial charge on any atom is -0.486 e. The normalized spacial score (nSPS) is 18.1. The van der Waals surface area contributed by atoms with Gasteiger partial charge in [0.25, 0.3) is 5.91 Å². The van der Waals surface area contributed by atoms with E-state index in [1.165, 1.54) is 0 Å². The Morgan fingerprint density at radius 1 is 1.03 bits per heavy atom. The van der Waals surface area contributed by atoms with E-state index in [2.05, 4.69) is 5.10 Å². The fourth-order valence-electron chi connectivity index (χ4n) is 4.17. The number of benzene rings is 2. The van der Waals surface area contributed by atoms with Gasteiger partial charge in [-0.1, -0.05) is 6.07 Å². The van der Waals surface area contributed by atoms with Gasteiger partial charge < -0.3 is 14.4 Å². The van der Waals surface area contributed by atoms with Crippen LogP contribution in [0.25, 0.3) is 5.69 Å². The van der Waals surface area contributed by atoms with Gasteiger partial charge >= 0.3 is 0 Å². The van der Waals surface area contributed by atoms with E-state index in [1.54, 1.807) is 6.20 Å². The molecule has 1 saturated heterocycles. The van der Waals surface area contributed by atoms with E-state index in [0.29, 0.717) is 18.8 Å². The summed E-state index contributed by atoms with van der Waals surface area (Å²) >= 11 is 0. The van der Waals surface area contributed by atoms with Crippen molar-refractivity contribution in [1.29, 1.82) is 0 Å². The molecule has 29 heavy (non-hydrogen) atoms. The largest absolute Gasteiger partial charge is 0.486 e. The summed E-state index contributed by atoms with van der Waals surface area (Å²) in [6.07, 6.45) is 3.72. The molecule has 1 amide bonds. The Hall–Kier alpha value is -3.28. The predicted octanol–water partition coefficient (Wildman–Crippen LogP) is 3.93. The summed E-state index contributed by atoms with van der Waals surface area (Å²) in [6.45, 7) is 3.91. The van der Waals surface area contributed by atoms with Gasteiger partial charge in [-0.2, -0.15) is 5.10 Å². The summed E-state index contributed by atoms with van der Waals surface area (Å²) < 4.78 is 13.2. The average Bonchev–Trinajstić information content (AvgIpc) is 3.42. The quantitative estimate of drug-likeness (QED) is 0.681. The van der Waals surface area contributed by atoms with Crippen LogP contribution in [0.15, 0.2) is 54.7 Å². The third-order valence-electron chi connectivity index (χ3n) is 5.66. The first-order chi connectivity index (χ1) is 14.2. The summed E-state index contributed by atoms with van der Waals surface area (Å²) in [4.78, 5) is 15.2. The number of carbonyl (C=O) groups excluding carboxylic acids is 1. The molecule has 0 aliphatic carbocycles. The number of aromatic nitrogens is 2. The highest BCUT2D eigenvalue weighted by Gasteiger charge is 2.31. The monoisotopic (exact) mass is 389 g/mol. The van der Waals surface area contributed by atoms with Gasteiger partial charge in [0.05, 0.1) is 11.7 Å². The third-order valence-corrected chi connectivity index (χ3v) is 5.66. The molecule has 1 aromatic heterocycles. The Morgan fingerprint density at radius 2 is 1.83 bits per heavy atom. The van der Waals surface area contributed by atoms with Gasteiger partial charge in [-0.15, -0.1) is 0 Å². The molecule has 5 rings (SSSR count). The molecule has 0 bridgehead atoms. The zero-order valence-corrected chi connectivity index (χ0v) is 16.4. The fourth-order valence-corrected chi connectivity index (χ4v) is 4.17. The van der Waals surface area contributed by atoms with Crippen LogP contribution >= 0.6 is 0 Å². The van der Waals surface area contributed by atoms with Crippen molar-refractivity contribution in [3.8, 4) is 17.2 Å². The van der Waals surface area contributed by atoms with Crippen LogP contribution in [0.2, 0.25) is 0 Å². The topological polar surface area (TPSA) is 56.6 Å². The molecule has 3 heterocycles. The highest BCUT2D eigenvalue weighted by Crippen LogP contribution is 2.38. The lowest BCUT2D eigenvalue weighted by molar-refractivity contribution is 0.0735. The molecular weight excluding hydrogens is 366 g/mol. The highest BCUT2D eigenvalue weighted by atomic mass is 16.6. The first-order valence-corrected chi connectivity index (χ1v) is 10.0. The second-order valence-electron chi connectivity index (χ2n) is 7.49. The molecule has 0 saturated carbocycles. The molecule has 0 radical (unpaired) electrons. The molecule has 2 aliphatic heterocycles. The van der Waals surface area contributed by atoms with E-state index < -0.39 is 0 Å². The number of likely N-dealkylation sites (tertiary alicyclic amines) is 1. The fraction of sp³-hybridized carbons (Fsp3) is 0.304. The smallest absolute Gasteiger partial charge is 0.254 e. The van der Waals surface area contributed by atoms with Crippen LogP contribution in [0.3, 0.4) is 0 Å². The van der Waals surface area contributed by atoms with Crippen molar-refractivity contribution >= 4 is 5.91 Å². The van der Waals surface area contributed by atoms with Crippen LogP contribution in [0, 0.1) is 6.92 Å². The van der Waals surface area contributed by atoms with Gasteiger partial charge in [-0.05, 0) is 67.8 Å². The Bertz CT molecular complexity index is 1040. The number of carbonyl (C=O) groups is 1. The van der Waals surface area contributed by atoms with Crippen LogP contribution < -0.4 is 9.47 Å². The zero-order chi connectivity index (χ0) is 19.8. The molecule has 6 nitrogen and oxygen atoms in total. The lowest BCUT2D eigenvalue weighted by atomic mass is 10.0. The minimum absolute atomic E-state index is 0.0612. The van der Waals surface area contributed by atoms with Gasteiger partial charge in [-0.3, -0.25) is 4.79 Å². The van der Waals surface area contributed by atoms with Gasteiger partial charge in [0.1, 0.15) is 13.2 Å². The Balaban J connectivity index is 1.38. The van der Waals surface area contributed by atoms with Crippen molar-refractivity contribution < 1.29 is 14.3 Å². The first kappa shape index (κ1) is 17.8. The average molecular weight is 389 g/mol. The van der Waals surface area contributed by atoms with Crippen molar-refractivity contribution in [3.05, 3.63) is 71.5 Å². The van der Waals surface area contributed by atoms with Crippen molar-refractivity contribution in [1.82, 2.24) is 14.7 Å². The Labute approximate surface area is 169 Å². The van der Waals surface area contributed by atoms with Crippen LogP contribution in [0.1, 0.15) is 40.5 Å². The number of aryl methyl sites for hydroxylation is 1. The molecule has 1 atom stereocenters. The lowest BCUT2D eigenvalue weighted by Gasteiger charge is -2.27. The second kappa shape index (κ2) is 7.28. The number of nitrogens with zero attached hydrogens (tertiary/aromatic N) is 3. The first-order valence-electron chi connectivity index (χ1n) is 10.0. The number of hydrogen-bond donors (Lipinski definition) is 0. The van der Waals surface area contributed by atoms with Crippen LogP contribution in [-0.4, -0.2) is 40.3 Å². The van der Waals surface area contributed by atoms with Crippen molar-refractivity contribution in [2.24, 2.45) is 0 Å². The summed E-state index contributed by atoms with van der Waals surface area (Å²) in [6, 6.07) is 15.7. The molecule has 2 aliphatic rings. The molecule has 2 aromatic carbocycles. The predicted molar refractivity (Wildman–Crippen MR) is 109 cm³/mol. The van der Waals surface area contributed by atoms with Gasteiger partial charge in [0.2, 0.25) is 0 Å². The van der Waals surface area contributed by atoms with Crippen LogP contribution in [-0.2, 0) is 0 Å². The standard InChI is InChI=1S/C23H23N3O3/c1-16-10-11-24-26(16)19-7-4-17(5-8-19)23(27)25-12-2-3-20(25)18-6-9-21-22(15-18)29-14-13-28-21/h4-11,15,20H,2-3,12-14H2,1H3. The maximum absolute atomic E-state index is 13.2. The van der Waals surface area contributed by atoms with E-state index >= 15 is 0 Å². The van der Waals surface area contributed by atoms with Gasteiger partial charge in [-0.25, -0.2) is 4.68 Å². The molecular formula is C23H23N3O3. The second-order valence-corrected chi connectivity index (χ2v) is 7.49. The summed E-state index contributed by atoms with van der Waals surface area (Å²) in [5.74, 6) is 1.61. The number of fused-ring (bicyclic) bond motifs is 1. The Morgan fingerprint density at radius 3 is 2.59 bits per heavy atom. The van der Waals surface area contributed by atoms with E-state index in [-0.39, 0.29) is 11.9 Å². The van der Waals surface area contributed by atoms with Gasteiger partial charge in [0.15, 0.2) is 11.5 Å². The zero-order valence-electron chi connectivity index (χ0n) is 16.4. The molecule has 1 fully saturated rings. The summed E-state index contributed by atoms with van der Waals surface area (Å²) in [5, 5.41) is 4.32. The van der Waals surface area contributed by atoms with E-state index in [4.69, 9.17) is 9.47 Å². The third kappa shape index (κ3) is 3.24. The highest BCUT2D eigenvalue weighted by molar-refractivity contribution is 5.95. The van der Waals surface area contributed by atoms with Crippen molar-refractivity contribution in [2.75, 3.05) is 19.8 Å².